The first-order chi connectivity index (χ1) is 7.48. The highest BCUT2D eigenvalue weighted by atomic mass is 32.2. The molecule has 0 bridgehead atoms. The van der Waals surface area contributed by atoms with Gasteiger partial charge in [-0.3, -0.25) is 0 Å². The van der Waals surface area contributed by atoms with Crippen molar-refractivity contribution in [2.45, 2.75) is 45.4 Å². The molecular weight excluding hydrogens is 228 g/mol. The Bertz CT molecular complexity index is 294. The molecule has 0 radical (unpaired) electrons. The summed E-state index contributed by atoms with van der Waals surface area (Å²) in [4.78, 5) is 20.1. The Morgan fingerprint density at radius 1 is 1.19 bits per heavy atom. The number of rotatable bonds is 5. The minimum Gasteiger partial charge on any atom is -0.303 e. The van der Waals surface area contributed by atoms with Crippen LogP contribution in [0.5, 0.6) is 0 Å². The molecule has 94 valence electrons. The smallest absolute Gasteiger partial charge is 0.150 e. The van der Waals surface area contributed by atoms with Crippen LogP contribution in [0.4, 0.5) is 0 Å². The van der Waals surface area contributed by atoms with Crippen LogP contribution in [0.25, 0.3) is 0 Å². The maximum Gasteiger partial charge on any atom is 0.150 e. The van der Waals surface area contributed by atoms with Gasteiger partial charge in [-0.05, 0) is 32.6 Å². The predicted molar refractivity (Wildman–Crippen MR) is 63.1 cm³/mol. The molecule has 1 saturated heterocycles. The van der Waals surface area contributed by atoms with Gasteiger partial charge in [0.2, 0.25) is 0 Å². The fraction of sp³-hybridized carbons (Fsp3) is 0.818. The Balaban J connectivity index is 0.000000288. The fourth-order valence-electron chi connectivity index (χ4n) is 1.35. The summed E-state index contributed by atoms with van der Waals surface area (Å²) in [6, 6.07) is 0. The zero-order valence-electron chi connectivity index (χ0n) is 9.78. The number of ketones is 1. The van der Waals surface area contributed by atoms with Gasteiger partial charge in [-0.25, -0.2) is 8.42 Å². The topological polar surface area (TPSA) is 68.3 Å². The Morgan fingerprint density at radius 3 is 2.06 bits per heavy atom. The zero-order chi connectivity index (χ0) is 12.4. The lowest BCUT2D eigenvalue weighted by Crippen LogP contribution is -1.98. The molecule has 16 heavy (non-hydrogen) atoms. The third-order valence-corrected chi connectivity index (χ3v) is 4.08. The molecule has 0 aliphatic carbocycles. The summed E-state index contributed by atoms with van der Waals surface area (Å²) in [6.45, 7) is 1.57. The average molecular weight is 248 g/mol. The highest BCUT2D eigenvalue weighted by molar-refractivity contribution is 7.91. The van der Waals surface area contributed by atoms with Gasteiger partial charge in [-0.1, -0.05) is 0 Å². The van der Waals surface area contributed by atoms with Gasteiger partial charge in [0.05, 0.1) is 11.5 Å². The van der Waals surface area contributed by atoms with Crippen molar-refractivity contribution in [3.8, 4) is 0 Å². The van der Waals surface area contributed by atoms with Crippen molar-refractivity contribution >= 4 is 21.9 Å². The van der Waals surface area contributed by atoms with Crippen LogP contribution in [0.2, 0.25) is 0 Å². The third-order valence-electron chi connectivity index (χ3n) is 2.26. The third kappa shape index (κ3) is 9.83. The van der Waals surface area contributed by atoms with Crippen molar-refractivity contribution in [1.82, 2.24) is 0 Å². The molecule has 0 aromatic rings. The van der Waals surface area contributed by atoms with Gasteiger partial charge >= 0.3 is 0 Å². The lowest BCUT2D eigenvalue weighted by atomic mass is 10.1. The number of Topliss-reactive ketones (excluding diaryl/α,β-unsaturated/α-hetero) is 1. The molecule has 5 heteroatoms. The largest absolute Gasteiger partial charge is 0.303 e. The Hall–Kier alpha value is -0.710. The second kappa shape index (κ2) is 8.44. The average Bonchev–Trinajstić information content (AvgIpc) is 2.58. The molecule has 4 nitrogen and oxygen atoms in total. The quantitative estimate of drug-likeness (QED) is 0.546. The first-order valence-corrected chi connectivity index (χ1v) is 7.43. The van der Waals surface area contributed by atoms with Gasteiger partial charge < -0.3 is 9.59 Å². The first kappa shape index (κ1) is 15.3. The number of sulfone groups is 1. The maximum atomic E-state index is 10.4. The van der Waals surface area contributed by atoms with E-state index in [1.54, 1.807) is 6.92 Å². The summed E-state index contributed by atoms with van der Waals surface area (Å²) >= 11 is 0. The molecule has 0 saturated carbocycles. The fourth-order valence-corrected chi connectivity index (χ4v) is 2.84. The van der Waals surface area contributed by atoms with Crippen LogP contribution in [-0.4, -0.2) is 32.0 Å². The number of unbranched alkanes of at least 4 members (excludes halogenated alkanes) is 2. The predicted octanol–water partition coefficient (Wildman–Crippen LogP) is 1.53. The molecule has 1 aliphatic rings. The van der Waals surface area contributed by atoms with Gasteiger partial charge in [0, 0.05) is 12.8 Å². The van der Waals surface area contributed by atoms with Gasteiger partial charge in [-0.2, -0.15) is 0 Å². The first-order valence-electron chi connectivity index (χ1n) is 5.61. The van der Waals surface area contributed by atoms with E-state index in [1.165, 1.54) is 0 Å². The van der Waals surface area contributed by atoms with E-state index in [2.05, 4.69) is 0 Å². The van der Waals surface area contributed by atoms with E-state index < -0.39 is 9.84 Å². The van der Waals surface area contributed by atoms with Crippen LogP contribution < -0.4 is 0 Å². The lowest BCUT2D eigenvalue weighted by molar-refractivity contribution is -0.117. The molecule has 0 spiro atoms. The molecule has 0 N–H and O–H groups in total. The van der Waals surface area contributed by atoms with Gasteiger partial charge in [0.25, 0.3) is 0 Å². The summed E-state index contributed by atoms with van der Waals surface area (Å²) in [7, 11) is -2.55. The number of aldehydes is 1. The van der Waals surface area contributed by atoms with Crippen molar-refractivity contribution in [2.75, 3.05) is 11.5 Å². The van der Waals surface area contributed by atoms with E-state index in [0.29, 0.717) is 24.3 Å². The van der Waals surface area contributed by atoms with E-state index in [1.807, 2.05) is 0 Å². The molecule has 0 aromatic heterocycles. The molecule has 1 heterocycles. The van der Waals surface area contributed by atoms with Crippen LogP contribution in [0.15, 0.2) is 0 Å². The Labute approximate surface area is 97.3 Å². The van der Waals surface area contributed by atoms with Gasteiger partial charge in [-0.15, -0.1) is 0 Å². The maximum absolute atomic E-state index is 10.4. The SMILES string of the molecule is CC(=O)CCCCC=O.O=S1(=O)CCCC1. The standard InChI is InChI=1S/C7H12O2.C4H8O2S/c1-7(9)5-3-2-4-6-8;5-7(6)3-1-2-4-7/h6H,2-5H2,1H3;1-4H2. The molecule has 0 atom stereocenters. The van der Waals surface area contributed by atoms with E-state index in [-0.39, 0.29) is 5.78 Å². The Kier molecular flexibility index (Phi) is 8.07. The molecule has 1 fully saturated rings. The molecule has 0 aromatic carbocycles. The summed E-state index contributed by atoms with van der Waals surface area (Å²) in [5.41, 5.74) is 0. The molecule has 0 unspecified atom stereocenters. The second-order valence-corrected chi connectivity index (χ2v) is 6.28. The summed E-state index contributed by atoms with van der Waals surface area (Å²) in [5, 5.41) is 0. The van der Waals surface area contributed by atoms with Gasteiger partial charge in [0.1, 0.15) is 21.9 Å². The van der Waals surface area contributed by atoms with Crippen molar-refractivity contribution in [3.05, 3.63) is 0 Å². The van der Waals surface area contributed by atoms with Crippen molar-refractivity contribution in [2.24, 2.45) is 0 Å². The summed E-state index contributed by atoms with van der Waals surface area (Å²) < 4.78 is 20.9. The van der Waals surface area contributed by atoms with Crippen LogP contribution in [0.1, 0.15) is 45.4 Å². The number of hydrogen-bond acceptors (Lipinski definition) is 4. The number of carbonyl (C=O) groups excluding carboxylic acids is 2. The molecule has 0 amide bonds. The van der Waals surface area contributed by atoms with E-state index in [9.17, 15) is 18.0 Å². The highest BCUT2D eigenvalue weighted by Crippen LogP contribution is 2.08. The van der Waals surface area contributed by atoms with Crippen molar-refractivity contribution < 1.29 is 18.0 Å². The molecular formula is C11H20O4S. The minimum atomic E-state index is -2.55. The van der Waals surface area contributed by atoms with Gasteiger partial charge in [0.15, 0.2) is 0 Å². The number of hydrogen-bond donors (Lipinski definition) is 0. The second-order valence-electron chi connectivity index (χ2n) is 3.97. The summed E-state index contributed by atoms with van der Waals surface area (Å²) in [6.07, 6.45) is 5.56. The molecule has 1 aliphatic heterocycles. The summed E-state index contributed by atoms with van der Waals surface area (Å²) in [5.74, 6) is 1.06. The molecule has 1 rings (SSSR count). The lowest BCUT2D eigenvalue weighted by Gasteiger charge is -1.90. The van der Waals surface area contributed by atoms with Crippen molar-refractivity contribution in [1.29, 1.82) is 0 Å². The van der Waals surface area contributed by atoms with E-state index in [0.717, 1.165) is 32.0 Å². The highest BCUT2D eigenvalue weighted by Gasteiger charge is 2.16. The monoisotopic (exact) mass is 248 g/mol. The van der Waals surface area contributed by atoms with Crippen LogP contribution in [-0.2, 0) is 19.4 Å². The van der Waals surface area contributed by atoms with Crippen LogP contribution in [0.3, 0.4) is 0 Å². The van der Waals surface area contributed by atoms with Crippen molar-refractivity contribution in [3.63, 3.8) is 0 Å². The van der Waals surface area contributed by atoms with E-state index >= 15 is 0 Å². The van der Waals surface area contributed by atoms with E-state index in [4.69, 9.17) is 0 Å². The van der Waals surface area contributed by atoms with Crippen LogP contribution >= 0.6 is 0 Å². The normalized spacial score (nSPS) is 17.3. The minimum absolute atomic E-state index is 0.209. The van der Waals surface area contributed by atoms with Crippen LogP contribution in [0, 0.1) is 0 Å². The number of carbonyl (C=O) groups is 2. The Morgan fingerprint density at radius 2 is 1.75 bits per heavy atom. The zero-order valence-corrected chi connectivity index (χ0v) is 10.6.